The van der Waals surface area contributed by atoms with Gasteiger partial charge in [0.1, 0.15) is 11.1 Å². The van der Waals surface area contributed by atoms with Crippen molar-refractivity contribution in [3.63, 3.8) is 0 Å². The van der Waals surface area contributed by atoms with Gasteiger partial charge in [0.25, 0.3) is 5.56 Å². The average molecular weight is 370 g/mol. The van der Waals surface area contributed by atoms with Gasteiger partial charge in [0, 0.05) is 10.7 Å². The number of alkyl halides is 3. The van der Waals surface area contributed by atoms with Gasteiger partial charge in [-0.05, 0) is 42.5 Å². The van der Waals surface area contributed by atoms with E-state index in [4.69, 9.17) is 11.6 Å². The van der Waals surface area contributed by atoms with Crippen molar-refractivity contribution >= 4 is 23.0 Å². The normalized spacial score (nSPS) is 22.1. The summed E-state index contributed by atoms with van der Waals surface area (Å²) in [5.74, 6) is 0.308. The predicted molar refractivity (Wildman–Crippen MR) is 88.4 cm³/mol. The molecule has 1 unspecified atom stereocenters. The molecule has 0 amide bonds. The lowest BCUT2D eigenvalue weighted by atomic mass is 9.69. The third-order valence-corrected chi connectivity index (χ3v) is 5.30. The van der Waals surface area contributed by atoms with Crippen LogP contribution >= 0.6 is 11.6 Å². The van der Waals surface area contributed by atoms with E-state index in [-0.39, 0.29) is 34.1 Å². The Morgan fingerprint density at radius 2 is 2.08 bits per heavy atom. The summed E-state index contributed by atoms with van der Waals surface area (Å²) >= 11 is 6.00. The molecule has 1 saturated carbocycles. The molecule has 1 aromatic carbocycles. The molecule has 2 aromatic rings. The standard InChI is InChI=1S/C17H15ClF3N3O/c18-10-3-4-12-11(7-10)16(17(19,20)21,6-5-9-1-2-9)14-13(24-12)15(25)23-8-22-14/h3-4,7-9,24H,1-2,5-6H2,(H,22,23,25). The van der Waals surface area contributed by atoms with Gasteiger partial charge in [-0.2, -0.15) is 13.2 Å². The number of hydrogen-bond acceptors (Lipinski definition) is 3. The Bertz CT molecular complexity index is 891. The molecule has 0 radical (unpaired) electrons. The van der Waals surface area contributed by atoms with Crippen LogP contribution in [0.2, 0.25) is 5.02 Å². The molecule has 0 bridgehead atoms. The minimum absolute atomic E-state index is 0.0266. The number of benzene rings is 1. The maximum Gasteiger partial charge on any atom is 0.404 e. The largest absolute Gasteiger partial charge is 0.404 e. The van der Waals surface area contributed by atoms with Crippen molar-refractivity contribution in [2.45, 2.75) is 37.3 Å². The predicted octanol–water partition coefficient (Wildman–Crippen LogP) is 4.52. The highest BCUT2D eigenvalue weighted by Crippen LogP contribution is 2.56. The Morgan fingerprint density at radius 1 is 1.32 bits per heavy atom. The summed E-state index contributed by atoms with van der Waals surface area (Å²) in [5.41, 5.74) is -3.12. The van der Waals surface area contributed by atoms with E-state index < -0.39 is 17.2 Å². The molecule has 0 spiro atoms. The molecule has 0 saturated heterocycles. The summed E-state index contributed by atoms with van der Waals surface area (Å²) in [5, 5.41) is 3.02. The van der Waals surface area contributed by atoms with E-state index >= 15 is 0 Å². The second-order valence-corrected chi connectivity index (χ2v) is 7.09. The fraction of sp³-hybridized carbons (Fsp3) is 0.412. The van der Waals surface area contributed by atoms with Gasteiger partial charge in [-0.3, -0.25) is 4.79 Å². The molecule has 1 aliphatic carbocycles. The summed E-state index contributed by atoms with van der Waals surface area (Å²) in [6.07, 6.45) is -1.41. The van der Waals surface area contributed by atoms with Crippen molar-refractivity contribution in [1.82, 2.24) is 9.97 Å². The molecule has 132 valence electrons. The van der Waals surface area contributed by atoms with Crippen molar-refractivity contribution in [1.29, 1.82) is 0 Å². The fourth-order valence-corrected chi connectivity index (χ4v) is 3.76. The molecule has 2 heterocycles. The van der Waals surface area contributed by atoms with Crippen LogP contribution in [0.4, 0.5) is 24.5 Å². The van der Waals surface area contributed by atoms with Crippen molar-refractivity contribution in [3.8, 4) is 0 Å². The Morgan fingerprint density at radius 3 is 2.76 bits per heavy atom. The number of halogens is 4. The number of H-pyrrole nitrogens is 1. The zero-order chi connectivity index (χ0) is 17.8. The van der Waals surface area contributed by atoms with Crippen LogP contribution in [0, 0.1) is 5.92 Å². The SMILES string of the molecule is O=c1[nH]cnc2c1Nc1ccc(Cl)cc1C2(CCC1CC1)C(F)(F)F. The second-order valence-electron chi connectivity index (χ2n) is 6.66. The van der Waals surface area contributed by atoms with Gasteiger partial charge in [0.05, 0.1) is 12.0 Å². The number of aromatic amines is 1. The minimum atomic E-state index is -4.61. The van der Waals surface area contributed by atoms with Crippen LogP contribution in [0.25, 0.3) is 0 Å². The first kappa shape index (κ1) is 16.4. The van der Waals surface area contributed by atoms with Gasteiger partial charge >= 0.3 is 6.18 Å². The monoisotopic (exact) mass is 369 g/mol. The highest BCUT2D eigenvalue weighted by atomic mass is 35.5. The van der Waals surface area contributed by atoms with E-state index in [0.29, 0.717) is 12.3 Å². The van der Waals surface area contributed by atoms with Gasteiger partial charge in [0.15, 0.2) is 0 Å². The number of aromatic nitrogens is 2. The summed E-state index contributed by atoms with van der Waals surface area (Å²) < 4.78 is 43.4. The van der Waals surface area contributed by atoms with E-state index in [1.165, 1.54) is 18.2 Å². The molecule has 1 fully saturated rings. The van der Waals surface area contributed by atoms with E-state index in [9.17, 15) is 18.0 Å². The van der Waals surface area contributed by atoms with Crippen LogP contribution in [-0.2, 0) is 5.41 Å². The van der Waals surface area contributed by atoms with Crippen LogP contribution in [0.5, 0.6) is 0 Å². The molecule has 4 nitrogen and oxygen atoms in total. The number of rotatable bonds is 3. The lowest BCUT2D eigenvalue weighted by molar-refractivity contribution is -0.181. The van der Waals surface area contributed by atoms with Gasteiger partial charge in [-0.15, -0.1) is 0 Å². The van der Waals surface area contributed by atoms with E-state index in [2.05, 4.69) is 15.3 Å². The van der Waals surface area contributed by atoms with Gasteiger partial charge < -0.3 is 10.3 Å². The van der Waals surface area contributed by atoms with Crippen LogP contribution in [0.3, 0.4) is 0 Å². The zero-order valence-electron chi connectivity index (χ0n) is 13.1. The highest BCUT2D eigenvalue weighted by molar-refractivity contribution is 6.30. The average Bonchev–Trinajstić information content (AvgIpc) is 3.36. The first-order valence-corrected chi connectivity index (χ1v) is 8.42. The maximum atomic E-state index is 14.5. The van der Waals surface area contributed by atoms with Crippen molar-refractivity contribution in [2.75, 3.05) is 5.32 Å². The molecule has 8 heteroatoms. The molecule has 1 atom stereocenters. The Hall–Kier alpha value is -2.02. The lowest BCUT2D eigenvalue weighted by Crippen LogP contribution is -2.48. The first-order valence-electron chi connectivity index (χ1n) is 8.05. The van der Waals surface area contributed by atoms with Crippen molar-refractivity contribution in [2.24, 2.45) is 5.92 Å². The van der Waals surface area contributed by atoms with Crippen LogP contribution < -0.4 is 10.9 Å². The second kappa shape index (κ2) is 5.49. The zero-order valence-corrected chi connectivity index (χ0v) is 13.8. The maximum absolute atomic E-state index is 14.5. The Kier molecular flexibility index (Phi) is 3.61. The van der Waals surface area contributed by atoms with E-state index in [1.54, 1.807) is 0 Å². The number of anilines is 2. The third kappa shape index (κ3) is 2.52. The topological polar surface area (TPSA) is 57.8 Å². The number of nitrogens with one attached hydrogen (secondary N) is 2. The van der Waals surface area contributed by atoms with Crippen LogP contribution in [0.1, 0.15) is 36.9 Å². The van der Waals surface area contributed by atoms with Gasteiger partial charge in [-0.1, -0.05) is 24.4 Å². The lowest BCUT2D eigenvalue weighted by Gasteiger charge is -2.41. The Balaban J connectivity index is 2.01. The first-order chi connectivity index (χ1) is 11.8. The molecular weight excluding hydrogens is 355 g/mol. The summed E-state index contributed by atoms with van der Waals surface area (Å²) in [6.45, 7) is 0. The highest BCUT2D eigenvalue weighted by Gasteiger charge is 2.61. The number of fused-ring (bicyclic) bond motifs is 2. The number of hydrogen-bond donors (Lipinski definition) is 2. The van der Waals surface area contributed by atoms with Crippen LogP contribution in [-0.4, -0.2) is 16.1 Å². The molecule has 2 aliphatic rings. The van der Waals surface area contributed by atoms with E-state index in [0.717, 1.165) is 19.2 Å². The fourth-order valence-electron chi connectivity index (χ4n) is 3.59. The number of nitrogens with zero attached hydrogens (tertiary/aromatic N) is 1. The van der Waals surface area contributed by atoms with Gasteiger partial charge in [-0.25, -0.2) is 4.98 Å². The summed E-state index contributed by atoms with van der Waals surface area (Å²) in [6, 6.07) is 4.31. The summed E-state index contributed by atoms with van der Waals surface area (Å²) in [7, 11) is 0. The minimum Gasteiger partial charge on any atom is -0.349 e. The molecular formula is C17H15ClF3N3O. The third-order valence-electron chi connectivity index (χ3n) is 5.07. The molecule has 1 aromatic heterocycles. The molecule has 25 heavy (non-hydrogen) atoms. The molecule has 2 N–H and O–H groups in total. The smallest absolute Gasteiger partial charge is 0.349 e. The Labute approximate surface area is 146 Å². The summed E-state index contributed by atoms with van der Waals surface area (Å²) in [4.78, 5) is 18.4. The van der Waals surface area contributed by atoms with Crippen LogP contribution in [0.15, 0.2) is 29.3 Å². The quantitative estimate of drug-likeness (QED) is 0.836. The van der Waals surface area contributed by atoms with Crippen molar-refractivity contribution < 1.29 is 13.2 Å². The molecule has 1 aliphatic heterocycles. The van der Waals surface area contributed by atoms with Crippen molar-refractivity contribution in [3.05, 3.63) is 51.2 Å². The molecule has 4 rings (SSSR count). The van der Waals surface area contributed by atoms with E-state index in [1.807, 2.05) is 0 Å². The van der Waals surface area contributed by atoms with Gasteiger partial charge in [0.2, 0.25) is 0 Å².